The second kappa shape index (κ2) is 3.17. The van der Waals surface area contributed by atoms with Crippen molar-refractivity contribution in [3.8, 4) is 0 Å². The van der Waals surface area contributed by atoms with Crippen LogP contribution in [0.5, 0.6) is 0 Å². The molecule has 0 aromatic rings. The first-order valence-electron chi connectivity index (χ1n) is 4.29. The maximum Gasteiger partial charge on any atom is 0.146 e. The molecule has 0 amide bonds. The largest absolute Gasteiger partial charge is 0.298 e. The minimum atomic E-state index is 0.417. The van der Waals surface area contributed by atoms with Gasteiger partial charge in [0.25, 0.3) is 0 Å². The number of carbonyl (C=O) groups is 1. The van der Waals surface area contributed by atoms with Crippen molar-refractivity contribution in [2.75, 3.05) is 5.33 Å². The molecule has 3 aliphatic rings. The van der Waals surface area contributed by atoms with Crippen LogP contribution in [0.4, 0.5) is 0 Å². The molecule has 0 unspecified atom stereocenters. The van der Waals surface area contributed by atoms with Crippen LogP contribution in [0.3, 0.4) is 0 Å². The standard InChI is InChI=1S/C10H11BrO/c11-5-9-7-1-3-8(4-2-7)10(9)6-12/h1,3,6-8H,2,4-5H2/t7-,8+/m0/s1. The average molecular weight is 227 g/mol. The minimum absolute atomic E-state index is 0.417. The molecular weight excluding hydrogens is 216 g/mol. The predicted octanol–water partition coefficient (Wildman–Crippen LogP) is 2.47. The SMILES string of the molecule is O=CC1=C(CBr)[C@H]2C=C[C@@H]1CC2. The second-order valence-corrected chi connectivity index (χ2v) is 3.97. The fraction of sp³-hybridized carbons (Fsp3) is 0.500. The maximum atomic E-state index is 10.8. The molecule has 0 saturated carbocycles. The van der Waals surface area contributed by atoms with Gasteiger partial charge in [0.15, 0.2) is 0 Å². The van der Waals surface area contributed by atoms with Crippen molar-refractivity contribution in [2.24, 2.45) is 11.8 Å². The van der Waals surface area contributed by atoms with E-state index in [4.69, 9.17) is 0 Å². The maximum absolute atomic E-state index is 10.8. The van der Waals surface area contributed by atoms with E-state index >= 15 is 0 Å². The van der Waals surface area contributed by atoms with Gasteiger partial charge in [-0.1, -0.05) is 28.1 Å². The number of hydrogen-bond donors (Lipinski definition) is 0. The summed E-state index contributed by atoms with van der Waals surface area (Å²) in [5, 5.41) is 0.854. The summed E-state index contributed by atoms with van der Waals surface area (Å²) in [5.41, 5.74) is 2.34. The van der Waals surface area contributed by atoms with Gasteiger partial charge in [-0.15, -0.1) is 0 Å². The highest BCUT2D eigenvalue weighted by Gasteiger charge is 2.29. The van der Waals surface area contributed by atoms with Crippen molar-refractivity contribution < 1.29 is 4.79 Å². The molecule has 3 aliphatic carbocycles. The molecule has 0 aliphatic heterocycles. The van der Waals surface area contributed by atoms with E-state index in [0.717, 1.165) is 23.6 Å². The molecule has 0 fully saturated rings. The van der Waals surface area contributed by atoms with Crippen molar-refractivity contribution in [1.82, 2.24) is 0 Å². The van der Waals surface area contributed by atoms with Crippen LogP contribution in [0, 0.1) is 11.8 Å². The van der Waals surface area contributed by atoms with Gasteiger partial charge in [-0.25, -0.2) is 0 Å². The van der Waals surface area contributed by atoms with Gasteiger partial charge in [-0.3, -0.25) is 4.79 Å². The van der Waals surface area contributed by atoms with Crippen LogP contribution in [-0.4, -0.2) is 11.6 Å². The Morgan fingerprint density at radius 2 is 2.08 bits per heavy atom. The Kier molecular flexibility index (Phi) is 2.18. The predicted molar refractivity (Wildman–Crippen MR) is 52.2 cm³/mol. The number of aldehydes is 1. The van der Waals surface area contributed by atoms with E-state index in [1.807, 2.05) is 0 Å². The van der Waals surface area contributed by atoms with E-state index in [2.05, 4.69) is 28.1 Å². The van der Waals surface area contributed by atoms with E-state index < -0.39 is 0 Å². The van der Waals surface area contributed by atoms with Gasteiger partial charge >= 0.3 is 0 Å². The molecule has 12 heavy (non-hydrogen) atoms. The smallest absolute Gasteiger partial charge is 0.146 e. The van der Waals surface area contributed by atoms with Crippen LogP contribution in [0.15, 0.2) is 23.3 Å². The normalized spacial score (nSPS) is 32.8. The Morgan fingerprint density at radius 1 is 1.42 bits per heavy atom. The number of halogens is 1. The summed E-state index contributed by atoms with van der Waals surface area (Å²) in [5.74, 6) is 0.953. The van der Waals surface area contributed by atoms with Gasteiger partial charge in [0.1, 0.15) is 6.29 Å². The van der Waals surface area contributed by atoms with Gasteiger partial charge in [-0.05, 0) is 29.9 Å². The fourth-order valence-electron chi connectivity index (χ4n) is 2.16. The third-order valence-electron chi connectivity index (χ3n) is 2.85. The number of rotatable bonds is 2. The first kappa shape index (κ1) is 8.24. The van der Waals surface area contributed by atoms with Crippen LogP contribution < -0.4 is 0 Å². The van der Waals surface area contributed by atoms with Crippen LogP contribution in [-0.2, 0) is 4.79 Å². The van der Waals surface area contributed by atoms with Gasteiger partial charge in [0, 0.05) is 11.2 Å². The summed E-state index contributed by atoms with van der Waals surface area (Å²) in [6, 6.07) is 0. The van der Waals surface area contributed by atoms with Gasteiger partial charge in [-0.2, -0.15) is 0 Å². The van der Waals surface area contributed by atoms with E-state index in [1.165, 1.54) is 12.0 Å². The number of carbonyl (C=O) groups excluding carboxylic acids is 1. The third-order valence-corrected chi connectivity index (χ3v) is 3.46. The Morgan fingerprint density at radius 3 is 2.50 bits per heavy atom. The molecule has 3 rings (SSSR count). The molecule has 0 aromatic heterocycles. The zero-order valence-corrected chi connectivity index (χ0v) is 8.38. The second-order valence-electron chi connectivity index (χ2n) is 3.41. The fourth-order valence-corrected chi connectivity index (χ4v) is 2.90. The molecule has 1 nitrogen and oxygen atoms in total. The molecule has 0 radical (unpaired) electrons. The zero-order chi connectivity index (χ0) is 8.55. The number of hydrogen-bond acceptors (Lipinski definition) is 1. The lowest BCUT2D eigenvalue weighted by Gasteiger charge is -2.33. The summed E-state index contributed by atoms with van der Waals surface area (Å²) in [6.45, 7) is 0. The number of fused-ring (bicyclic) bond motifs is 1. The summed E-state index contributed by atoms with van der Waals surface area (Å²) in [6.07, 6.45) is 7.85. The third kappa shape index (κ3) is 1.09. The van der Waals surface area contributed by atoms with Gasteiger partial charge < -0.3 is 0 Å². The lowest BCUT2D eigenvalue weighted by Crippen LogP contribution is -2.23. The van der Waals surface area contributed by atoms with E-state index in [-0.39, 0.29) is 0 Å². The first-order chi connectivity index (χ1) is 5.86. The molecule has 0 aromatic carbocycles. The molecule has 0 spiro atoms. The monoisotopic (exact) mass is 226 g/mol. The van der Waals surface area contributed by atoms with Crippen LogP contribution in [0.25, 0.3) is 0 Å². The zero-order valence-electron chi connectivity index (χ0n) is 6.79. The van der Waals surface area contributed by atoms with Crippen molar-refractivity contribution in [2.45, 2.75) is 12.8 Å². The van der Waals surface area contributed by atoms with Crippen LogP contribution in [0.2, 0.25) is 0 Å². The summed E-state index contributed by atoms with van der Waals surface area (Å²) >= 11 is 3.44. The van der Waals surface area contributed by atoms with Crippen molar-refractivity contribution in [3.05, 3.63) is 23.3 Å². The van der Waals surface area contributed by atoms with Crippen molar-refractivity contribution >= 4 is 22.2 Å². The van der Waals surface area contributed by atoms with E-state index in [9.17, 15) is 4.79 Å². The molecule has 0 heterocycles. The Labute approximate surface area is 80.7 Å². The molecule has 0 saturated heterocycles. The molecule has 2 bridgehead atoms. The topological polar surface area (TPSA) is 17.1 Å². The lowest BCUT2D eigenvalue weighted by molar-refractivity contribution is -0.105. The average Bonchev–Trinajstić information content (AvgIpc) is 2.18. The molecule has 64 valence electrons. The van der Waals surface area contributed by atoms with Gasteiger partial charge in [0.2, 0.25) is 0 Å². The molecule has 0 N–H and O–H groups in total. The van der Waals surface area contributed by atoms with Crippen molar-refractivity contribution in [1.29, 1.82) is 0 Å². The Balaban J connectivity index is 2.40. The van der Waals surface area contributed by atoms with E-state index in [0.29, 0.717) is 11.8 Å². The number of allylic oxidation sites excluding steroid dienone is 4. The molecular formula is C10H11BrO. The van der Waals surface area contributed by atoms with Crippen molar-refractivity contribution in [3.63, 3.8) is 0 Å². The highest BCUT2D eigenvalue weighted by Crippen LogP contribution is 2.40. The van der Waals surface area contributed by atoms with Gasteiger partial charge in [0.05, 0.1) is 0 Å². The van der Waals surface area contributed by atoms with Crippen LogP contribution >= 0.6 is 15.9 Å². The quantitative estimate of drug-likeness (QED) is 0.402. The summed E-state index contributed by atoms with van der Waals surface area (Å²) < 4.78 is 0. The Bertz CT molecular complexity index is 265. The highest BCUT2D eigenvalue weighted by molar-refractivity contribution is 9.09. The number of alkyl halides is 1. The molecule has 2 heteroatoms. The minimum Gasteiger partial charge on any atom is -0.298 e. The van der Waals surface area contributed by atoms with E-state index in [1.54, 1.807) is 0 Å². The van der Waals surface area contributed by atoms with Crippen LogP contribution in [0.1, 0.15) is 12.8 Å². The first-order valence-corrected chi connectivity index (χ1v) is 5.41. The summed E-state index contributed by atoms with van der Waals surface area (Å²) in [4.78, 5) is 10.8. The molecule has 2 atom stereocenters. The lowest BCUT2D eigenvalue weighted by atomic mass is 9.72. The summed E-state index contributed by atoms with van der Waals surface area (Å²) in [7, 11) is 0. The highest BCUT2D eigenvalue weighted by atomic mass is 79.9. The Hall–Kier alpha value is -0.370.